The van der Waals surface area contributed by atoms with Crippen molar-refractivity contribution in [2.24, 2.45) is 10.8 Å². The summed E-state index contributed by atoms with van der Waals surface area (Å²) in [7, 11) is 4.25. The highest BCUT2D eigenvalue weighted by atomic mass is 15.4. The van der Waals surface area contributed by atoms with Crippen molar-refractivity contribution in [2.45, 2.75) is 18.9 Å². The van der Waals surface area contributed by atoms with Crippen LogP contribution in [0.5, 0.6) is 0 Å². The van der Waals surface area contributed by atoms with Gasteiger partial charge in [-0.25, -0.2) is 10.8 Å². The third kappa shape index (κ3) is 3.68. The zero-order valence-electron chi connectivity index (χ0n) is 11.7. The van der Waals surface area contributed by atoms with Gasteiger partial charge >= 0.3 is 0 Å². The fourth-order valence-electron chi connectivity index (χ4n) is 2.39. The van der Waals surface area contributed by atoms with Crippen molar-refractivity contribution in [1.82, 2.24) is 15.2 Å². The Morgan fingerprint density at radius 3 is 2.74 bits per heavy atom. The van der Waals surface area contributed by atoms with Crippen molar-refractivity contribution >= 4 is 11.6 Å². The number of hydrazine groups is 1. The number of guanidine groups is 1. The molecule has 1 saturated heterocycles. The Kier molecular flexibility index (Phi) is 4.76. The summed E-state index contributed by atoms with van der Waals surface area (Å²) in [5.74, 6) is 6.38. The quantitative estimate of drug-likeness (QED) is 0.363. The van der Waals surface area contributed by atoms with Gasteiger partial charge in [-0.15, -0.1) is 0 Å². The normalized spacial score (nSPS) is 20.7. The fourth-order valence-corrected chi connectivity index (χ4v) is 2.39. The zero-order valence-corrected chi connectivity index (χ0v) is 11.7. The number of para-hydroxylation sites is 1. The third-order valence-electron chi connectivity index (χ3n) is 3.55. The van der Waals surface area contributed by atoms with Crippen molar-refractivity contribution < 1.29 is 0 Å². The number of piperidine rings is 1. The van der Waals surface area contributed by atoms with Gasteiger partial charge in [0.25, 0.3) is 0 Å². The molecule has 1 aromatic carbocycles. The highest BCUT2D eigenvalue weighted by Gasteiger charge is 2.23. The lowest BCUT2D eigenvalue weighted by molar-refractivity contribution is 0.181. The van der Waals surface area contributed by atoms with Crippen LogP contribution in [-0.2, 0) is 0 Å². The van der Waals surface area contributed by atoms with Crippen LogP contribution in [0, 0.1) is 0 Å². The molecule has 1 heterocycles. The standard InChI is InChI=1S/C14H23N5/c1-18(2)13-9-6-10-19(11-13)14(17-15)16-12-7-4-3-5-8-12/h3-5,7-8,13H,6,9-11,15H2,1-2H3,(H,16,17). The molecule has 1 fully saturated rings. The summed E-state index contributed by atoms with van der Waals surface area (Å²) in [5, 5.41) is 0. The zero-order chi connectivity index (χ0) is 13.7. The van der Waals surface area contributed by atoms with E-state index in [0.717, 1.165) is 24.7 Å². The molecule has 0 aromatic heterocycles. The van der Waals surface area contributed by atoms with E-state index in [9.17, 15) is 0 Å². The van der Waals surface area contributed by atoms with Crippen LogP contribution >= 0.6 is 0 Å². The number of rotatable bonds is 2. The molecule has 19 heavy (non-hydrogen) atoms. The number of benzene rings is 1. The van der Waals surface area contributed by atoms with E-state index in [-0.39, 0.29) is 0 Å². The van der Waals surface area contributed by atoms with Gasteiger partial charge in [-0.1, -0.05) is 18.2 Å². The number of nitrogens with zero attached hydrogens (tertiary/aromatic N) is 3. The lowest BCUT2D eigenvalue weighted by atomic mass is 10.1. The Morgan fingerprint density at radius 1 is 1.37 bits per heavy atom. The second-order valence-electron chi connectivity index (χ2n) is 5.12. The molecule has 5 nitrogen and oxygen atoms in total. The first kappa shape index (κ1) is 13.8. The second kappa shape index (κ2) is 6.54. The maximum atomic E-state index is 5.64. The number of nitrogens with two attached hydrogens (primary N) is 1. The topological polar surface area (TPSA) is 56.9 Å². The number of hydrogen-bond acceptors (Lipinski definition) is 3. The maximum Gasteiger partial charge on any atom is 0.213 e. The first-order chi connectivity index (χ1) is 9.20. The predicted octanol–water partition coefficient (Wildman–Crippen LogP) is 1.16. The Labute approximate surface area is 115 Å². The SMILES string of the molecule is CN(C)C1CCCN(C(=Nc2ccccc2)NN)C1. The van der Waals surface area contributed by atoms with E-state index in [1.165, 1.54) is 12.8 Å². The summed E-state index contributed by atoms with van der Waals surface area (Å²) >= 11 is 0. The molecule has 0 bridgehead atoms. The van der Waals surface area contributed by atoms with Gasteiger partial charge in [-0.3, -0.25) is 5.43 Å². The summed E-state index contributed by atoms with van der Waals surface area (Å²) in [6.45, 7) is 1.96. The summed E-state index contributed by atoms with van der Waals surface area (Å²) in [6, 6.07) is 10.5. The molecule has 1 aliphatic heterocycles. The Hall–Kier alpha value is -1.59. The number of likely N-dealkylation sites (N-methyl/N-ethyl adjacent to an activating group) is 1. The van der Waals surface area contributed by atoms with Gasteiger partial charge in [0.05, 0.1) is 5.69 Å². The molecule has 0 radical (unpaired) electrons. The minimum atomic E-state index is 0.558. The lowest BCUT2D eigenvalue weighted by Gasteiger charge is -2.37. The Balaban J connectivity index is 2.11. The lowest BCUT2D eigenvalue weighted by Crippen LogP contribution is -2.52. The molecule has 0 aliphatic carbocycles. The average molecular weight is 261 g/mol. The van der Waals surface area contributed by atoms with Crippen molar-refractivity contribution in [1.29, 1.82) is 0 Å². The van der Waals surface area contributed by atoms with Gasteiger partial charge in [0, 0.05) is 19.1 Å². The van der Waals surface area contributed by atoms with E-state index in [1.807, 2.05) is 30.3 Å². The van der Waals surface area contributed by atoms with Gasteiger partial charge in [-0.2, -0.15) is 0 Å². The van der Waals surface area contributed by atoms with E-state index in [4.69, 9.17) is 5.84 Å². The molecule has 1 unspecified atom stereocenters. The molecular weight excluding hydrogens is 238 g/mol. The van der Waals surface area contributed by atoms with Crippen molar-refractivity contribution in [2.75, 3.05) is 27.2 Å². The Morgan fingerprint density at radius 2 is 2.11 bits per heavy atom. The van der Waals surface area contributed by atoms with E-state index in [1.54, 1.807) is 0 Å². The van der Waals surface area contributed by atoms with Crippen LogP contribution < -0.4 is 11.3 Å². The minimum Gasteiger partial charge on any atom is -0.340 e. The van der Waals surface area contributed by atoms with Gasteiger partial charge in [-0.05, 0) is 39.1 Å². The van der Waals surface area contributed by atoms with Gasteiger partial charge in [0.15, 0.2) is 0 Å². The van der Waals surface area contributed by atoms with Crippen LogP contribution in [0.1, 0.15) is 12.8 Å². The Bertz CT molecular complexity index is 415. The molecule has 5 heteroatoms. The summed E-state index contributed by atoms with van der Waals surface area (Å²) in [5.41, 5.74) is 3.66. The molecule has 1 aliphatic rings. The van der Waals surface area contributed by atoms with Crippen LogP contribution in [-0.4, -0.2) is 49.0 Å². The van der Waals surface area contributed by atoms with Crippen LogP contribution in [0.4, 0.5) is 5.69 Å². The monoisotopic (exact) mass is 261 g/mol. The van der Waals surface area contributed by atoms with Crippen LogP contribution in [0.15, 0.2) is 35.3 Å². The second-order valence-corrected chi connectivity index (χ2v) is 5.12. The number of aliphatic imine (C=N–C) groups is 1. The molecule has 3 N–H and O–H groups in total. The molecule has 0 saturated carbocycles. The van der Waals surface area contributed by atoms with Crippen LogP contribution in [0.25, 0.3) is 0 Å². The average Bonchev–Trinajstić information content (AvgIpc) is 2.46. The molecule has 104 valence electrons. The first-order valence-corrected chi connectivity index (χ1v) is 6.72. The molecule has 2 rings (SSSR count). The summed E-state index contributed by atoms with van der Waals surface area (Å²) in [6.07, 6.45) is 2.39. The van der Waals surface area contributed by atoms with Gasteiger partial charge < -0.3 is 9.80 Å². The predicted molar refractivity (Wildman–Crippen MR) is 79.1 cm³/mol. The summed E-state index contributed by atoms with van der Waals surface area (Å²) in [4.78, 5) is 9.07. The first-order valence-electron chi connectivity index (χ1n) is 6.72. The highest BCUT2D eigenvalue weighted by Crippen LogP contribution is 2.16. The van der Waals surface area contributed by atoms with Gasteiger partial charge in [0.2, 0.25) is 5.96 Å². The number of likely N-dealkylation sites (tertiary alicyclic amines) is 1. The van der Waals surface area contributed by atoms with E-state index in [2.05, 4.69) is 34.3 Å². The van der Waals surface area contributed by atoms with Crippen molar-refractivity contribution in [3.05, 3.63) is 30.3 Å². The molecule has 0 amide bonds. The molecule has 0 spiro atoms. The largest absolute Gasteiger partial charge is 0.340 e. The van der Waals surface area contributed by atoms with Crippen molar-refractivity contribution in [3.63, 3.8) is 0 Å². The molecule has 1 aromatic rings. The number of hydrogen-bond donors (Lipinski definition) is 2. The minimum absolute atomic E-state index is 0.558. The summed E-state index contributed by atoms with van der Waals surface area (Å²) < 4.78 is 0. The molecular formula is C14H23N5. The van der Waals surface area contributed by atoms with Crippen LogP contribution in [0.2, 0.25) is 0 Å². The van der Waals surface area contributed by atoms with E-state index >= 15 is 0 Å². The smallest absolute Gasteiger partial charge is 0.213 e. The number of nitrogens with one attached hydrogen (secondary N) is 1. The van der Waals surface area contributed by atoms with Crippen molar-refractivity contribution in [3.8, 4) is 0 Å². The van der Waals surface area contributed by atoms with E-state index < -0.39 is 0 Å². The van der Waals surface area contributed by atoms with E-state index in [0.29, 0.717) is 6.04 Å². The third-order valence-corrected chi connectivity index (χ3v) is 3.55. The molecule has 1 atom stereocenters. The fraction of sp³-hybridized carbons (Fsp3) is 0.500. The van der Waals surface area contributed by atoms with Crippen LogP contribution in [0.3, 0.4) is 0 Å². The maximum absolute atomic E-state index is 5.64. The van der Waals surface area contributed by atoms with Gasteiger partial charge in [0.1, 0.15) is 0 Å². The highest BCUT2D eigenvalue weighted by molar-refractivity contribution is 5.82.